The minimum atomic E-state index is 0.153. The number of nitrogens with zero attached hydrogens (tertiary/aromatic N) is 2. The van der Waals surface area contributed by atoms with Crippen molar-refractivity contribution in [2.24, 2.45) is 0 Å². The Morgan fingerprint density at radius 3 is 2.79 bits per heavy atom. The summed E-state index contributed by atoms with van der Waals surface area (Å²) in [7, 11) is 3.36. The number of hydrogen-bond donors (Lipinski definition) is 3. The smallest absolute Gasteiger partial charge is 0.244 e. The van der Waals surface area contributed by atoms with E-state index in [1.54, 1.807) is 14.2 Å². The molecule has 0 fully saturated rings. The zero-order chi connectivity index (χ0) is 10.1. The molecule has 1 aromatic heterocycles. The molecule has 1 aromatic rings. The first-order valence-electron chi connectivity index (χ1n) is 4.41. The molecule has 2 heterocycles. The van der Waals surface area contributed by atoms with Gasteiger partial charge in [0, 0.05) is 7.05 Å². The molecule has 76 valence electrons. The van der Waals surface area contributed by atoms with Gasteiger partial charge in [-0.25, -0.2) is 0 Å². The average molecular weight is 195 g/mol. The van der Waals surface area contributed by atoms with Crippen LogP contribution in [0.5, 0.6) is 5.88 Å². The first-order chi connectivity index (χ1) is 6.74. The van der Waals surface area contributed by atoms with Crippen LogP contribution in [0.25, 0.3) is 0 Å². The maximum absolute atomic E-state index is 5.15. The van der Waals surface area contributed by atoms with Crippen molar-refractivity contribution in [3.63, 3.8) is 0 Å². The number of rotatable bonds is 2. The standard InChI is InChI=1S/C8H13N5O/c1-4-10-5-6(11-4)12-8(9-2)13-7(5)14-3/h4,10H,1-3H3,(H2,9,11,12,13). The van der Waals surface area contributed by atoms with Gasteiger partial charge in [0.2, 0.25) is 11.8 Å². The molecule has 1 atom stereocenters. The summed E-state index contributed by atoms with van der Waals surface area (Å²) in [4.78, 5) is 8.42. The molecule has 6 nitrogen and oxygen atoms in total. The third-order valence-electron chi connectivity index (χ3n) is 2.01. The molecule has 0 saturated heterocycles. The summed E-state index contributed by atoms with van der Waals surface area (Å²) >= 11 is 0. The Morgan fingerprint density at radius 1 is 1.36 bits per heavy atom. The molecule has 0 bridgehead atoms. The van der Waals surface area contributed by atoms with Crippen molar-refractivity contribution in [2.75, 3.05) is 30.1 Å². The largest absolute Gasteiger partial charge is 0.479 e. The maximum Gasteiger partial charge on any atom is 0.244 e. The predicted molar refractivity (Wildman–Crippen MR) is 54.8 cm³/mol. The highest BCUT2D eigenvalue weighted by Gasteiger charge is 2.23. The van der Waals surface area contributed by atoms with Crippen molar-refractivity contribution < 1.29 is 4.74 Å². The number of anilines is 3. The molecule has 1 aliphatic heterocycles. The topological polar surface area (TPSA) is 71.1 Å². The molecule has 1 unspecified atom stereocenters. The van der Waals surface area contributed by atoms with Crippen molar-refractivity contribution >= 4 is 17.5 Å². The zero-order valence-electron chi connectivity index (χ0n) is 8.38. The van der Waals surface area contributed by atoms with Gasteiger partial charge in [0.05, 0.1) is 13.3 Å². The number of ether oxygens (including phenoxy) is 1. The SMILES string of the molecule is CNc1nc2c(c(OC)n1)NC(C)N2. The molecule has 3 N–H and O–H groups in total. The van der Waals surface area contributed by atoms with E-state index in [2.05, 4.69) is 25.9 Å². The normalized spacial score (nSPS) is 18.1. The molecule has 0 saturated carbocycles. The lowest BCUT2D eigenvalue weighted by Gasteiger charge is -2.06. The zero-order valence-corrected chi connectivity index (χ0v) is 8.38. The van der Waals surface area contributed by atoms with Crippen LogP contribution in [0.3, 0.4) is 0 Å². The van der Waals surface area contributed by atoms with Gasteiger partial charge in [-0.1, -0.05) is 0 Å². The summed E-state index contributed by atoms with van der Waals surface area (Å²) in [5, 5.41) is 9.22. The van der Waals surface area contributed by atoms with Gasteiger partial charge in [-0.15, -0.1) is 0 Å². The maximum atomic E-state index is 5.15. The highest BCUT2D eigenvalue weighted by Crippen LogP contribution is 2.35. The van der Waals surface area contributed by atoms with Gasteiger partial charge in [0.15, 0.2) is 5.82 Å². The van der Waals surface area contributed by atoms with E-state index in [1.165, 1.54) is 0 Å². The Balaban J connectivity index is 2.46. The van der Waals surface area contributed by atoms with E-state index >= 15 is 0 Å². The summed E-state index contributed by atoms with van der Waals surface area (Å²) < 4.78 is 5.15. The Hall–Kier alpha value is -1.72. The van der Waals surface area contributed by atoms with Crippen LogP contribution in [0.1, 0.15) is 6.92 Å². The van der Waals surface area contributed by atoms with Gasteiger partial charge in [-0.3, -0.25) is 0 Å². The van der Waals surface area contributed by atoms with Gasteiger partial charge >= 0.3 is 0 Å². The molecule has 0 radical (unpaired) electrons. The van der Waals surface area contributed by atoms with Crippen LogP contribution < -0.4 is 20.7 Å². The Kier molecular flexibility index (Phi) is 2.03. The van der Waals surface area contributed by atoms with Crippen LogP contribution >= 0.6 is 0 Å². The van der Waals surface area contributed by atoms with Gasteiger partial charge in [0.1, 0.15) is 5.69 Å². The Bertz CT molecular complexity index is 354. The van der Waals surface area contributed by atoms with E-state index in [9.17, 15) is 0 Å². The van der Waals surface area contributed by atoms with Gasteiger partial charge in [-0.05, 0) is 6.92 Å². The van der Waals surface area contributed by atoms with E-state index in [4.69, 9.17) is 4.74 Å². The first-order valence-corrected chi connectivity index (χ1v) is 4.41. The van der Waals surface area contributed by atoms with E-state index in [-0.39, 0.29) is 6.17 Å². The highest BCUT2D eigenvalue weighted by molar-refractivity contribution is 5.76. The van der Waals surface area contributed by atoms with Crippen LogP contribution in [0, 0.1) is 0 Å². The van der Waals surface area contributed by atoms with Gasteiger partial charge in [0.25, 0.3) is 0 Å². The average Bonchev–Trinajstić information content (AvgIpc) is 2.56. The minimum absolute atomic E-state index is 0.153. The van der Waals surface area contributed by atoms with E-state index in [0.29, 0.717) is 11.8 Å². The predicted octanol–water partition coefficient (Wildman–Crippen LogP) is 0.710. The van der Waals surface area contributed by atoms with E-state index in [1.807, 2.05) is 6.92 Å². The molecule has 0 aliphatic carbocycles. The second kappa shape index (κ2) is 3.21. The third kappa shape index (κ3) is 1.28. The minimum Gasteiger partial charge on any atom is -0.479 e. The monoisotopic (exact) mass is 195 g/mol. The summed E-state index contributed by atoms with van der Waals surface area (Å²) in [6.45, 7) is 2.00. The molecule has 1 aliphatic rings. The van der Waals surface area contributed by atoms with Crippen LogP contribution in [-0.2, 0) is 0 Å². The summed E-state index contributed by atoms with van der Waals surface area (Å²) in [5.74, 6) is 1.87. The van der Waals surface area contributed by atoms with Gasteiger partial charge < -0.3 is 20.7 Å². The molecular weight excluding hydrogens is 182 g/mol. The number of nitrogens with one attached hydrogen (secondary N) is 3. The second-order valence-electron chi connectivity index (χ2n) is 3.04. The number of aromatic nitrogens is 2. The fourth-order valence-electron chi connectivity index (χ4n) is 1.39. The van der Waals surface area contributed by atoms with Crippen LogP contribution in [0.15, 0.2) is 0 Å². The van der Waals surface area contributed by atoms with Crippen molar-refractivity contribution in [3.05, 3.63) is 0 Å². The fourth-order valence-corrected chi connectivity index (χ4v) is 1.39. The molecule has 0 amide bonds. The first kappa shape index (κ1) is 8.86. The highest BCUT2D eigenvalue weighted by atomic mass is 16.5. The summed E-state index contributed by atoms with van der Waals surface area (Å²) in [6, 6.07) is 0. The molecule has 2 rings (SSSR count). The molecule has 14 heavy (non-hydrogen) atoms. The van der Waals surface area contributed by atoms with E-state index in [0.717, 1.165) is 11.5 Å². The van der Waals surface area contributed by atoms with Crippen LogP contribution in [0.4, 0.5) is 17.5 Å². The lowest BCUT2D eigenvalue weighted by atomic mass is 10.4. The van der Waals surface area contributed by atoms with Crippen LogP contribution in [0.2, 0.25) is 0 Å². The molecular formula is C8H13N5O. The number of methoxy groups -OCH3 is 1. The number of hydrogen-bond acceptors (Lipinski definition) is 6. The second-order valence-corrected chi connectivity index (χ2v) is 3.04. The van der Waals surface area contributed by atoms with Crippen molar-refractivity contribution in [1.82, 2.24) is 9.97 Å². The summed E-state index contributed by atoms with van der Waals surface area (Å²) in [6.07, 6.45) is 0.153. The van der Waals surface area contributed by atoms with E-state index < -0.39 is 0 Å². The number of fused-ring (bicyclic) bond motifs is 1. The third-order valence-corrected chi connectivity index (χ3v) is 2.01. The lowest BCUT2D eigenvalue weighted by Crippen LogP contribution is -2.16. The Morgan fingerprint density at radius 2 is 2.14 bits per heavy atom. The lowest BCUT2D eigenvalue weighted by molar-refractivity contribution is 0.400. The van der Waals surface area contributed by atoms with Crippen molar-refractivity contribution in [2.45, 2.75) is 13.1 Å². The fraction of sp³-hybridized carbons (Fsp3) is 0.500. The van der Waals surface area contributed by atoms with Crippen molar-refractivity contribution in [1.29, 1.82) is 0 Å². The quantitative estimate of drug-likeness (QED) is 0.645. The van der Waals surface area contributed by atoms with Crippen LogP contribution in [-0.4, -0.2) is 30.3 Å². The molecule has 0 aromatic carbocycles. The van der Waals surface area contributed by atoms with Crippen molar-refractivity contribution in [3.8, 4) is 5.88 Å². The molecule has 0 spiro atoms. The summed E-state index contributed by atoms with van der Waals surface area (Å²) in [5.41, 5.74) is 0.819. The Labute approximate surface area is 82.1 Å². The van der Waals surface area contributed by atoms with Gasteiger partial charge in [-0.2, -0.15) is 9.97 Å². The molecule has 6 heteroatoms.